The average Bonchev–Trinajstić information content (AvgIpc) is 2.88. The van der Waals surface area contributed by atoms with Crippen LogP contribution in [-0.4, -0.2) is 40.3 Å². The van der Waals surface area contributed by atoms with Crippen LogP contribution in [0, 0.1) is 5.92 Å². The third kappa shape index (κ3) is 3.97. The maximum atomic E-state index is 11.9. The number of amides is 2. The number of hydrogen-bond donors (Lipinski definition) is 2. The lowest BCUT2D eigenvalue weighted by atomic mass is 9.95. The number of nitrogens with zero attached hydrogens (tertiary/aromatic N) is 2. The summed E-state index contributed by atoms with van der Waals surface area (Å²) in [7, 11) is 0. The predicted molar refractivity (Wildman–Crippen MR) is 65.3 cm³/mol. The molecular formula is C12H17N3O4. The molecule has 0 saturated carbocycles. The summed E-state index contributed by atoms with van der Waals surface area (Å²) < 4.78 is 4.67. The first kappa shape index (κ1) is 13.4. The van der Waals surface area contributed by atoms with Crippen molar-refractivity contribution in [3.8, 4) is 0 Å². The first-order chi connectivity index (χ1) is 9.15. The number of urea groups is 1. The van der Waals surface area contributed by atoms with E-state index >= 15 is 0 Å². The monoisotopic (exact) mass is 267 g/mol. The number of piperidine rings is 1. The van der Waals surface area contributed by atoms with Gasteiger partial charge in [-0.05, 0) is 18.8 Å². The van der Waals surface area contributed by atoms with Gasteiger partial charge in [-0.25, -0.2) is 4.79 Å². The van der Waals surface area contributed by atoms with E-state index in [0.717, 1.165) is 12.8 Å². The summed E-state index contributed by atoms with van der Waals surface area (Å²) in [5.41, 5.74) is 0.660. The van der Waals surface area contributed by atoms with Gasteiger partial charge in [0.25, 0.3) is 0 Å². The van der Waals surface area contributed by atoms with Gasteiger partial charge in [0.05, 0.1) is 6.54 Å². The Labute approximate surface area is 110 Å². The van der Waals surface area contributed by atoms with Crippen LogP contribution in [-0.2, 0) is 11.3 Å². The van der Waals surface area contributed by atoms with Gasteiger partial charge in [0, 0.05) is 25.6 Å². The van der Waals surface area contributed by atoms with Crippen molar-refractivity contribution in [2.24, 2.45) is 5.92 Å². The molecule has 19 heavy (non-hydrogen) atoms. The molecule has 2 rings (SSSR count). The number of carboxylic acid groups (broad SMARTS) is 1. The number of carbonyl (C=O) groups excluding carboxylic acids is 1. The molecule has 1 aliphatic rings. The van der Waals surface area contributed by atoms with Crippen LogP contribution in [0.25, 0.3) is 0 Å². The molecule has 0 aliphatic carbocycles. The molecule has 1 aromatic rings. The van der Waals surface area contributed by atoms with Crippen molar-refractivity contribution in [2.45, 2.75) is 25.8 Å². The van der Waals surface area contributed by atoms with E-state index in [1.54, 1.807) is 11.0 Å². The average molecular weight is 267 g/mol. The third-order valence-corrected chi connectivity index (χ3v) is 3.18. The van der Waals surface area contributed by atoms with Gasteiger partial charge in [0.15, 0.2) is 0 Å². The number of nitrogens with one attached hydrogen (secondary N) is 1. The largest absolute Gasteiger partial charge is 0.481 e. The molecule has 0 radical (unpaired) electrons. The fraction of sp³-hybridized carbons (Fsp3) is 0.583. The van der Waals surface area contributed by atoms with Crippen LogP contribution >= 0.6 is 0 Å². The van der Waals surface area contributed by atoms with E-state index in [1.165, 1.54) is 6.26 Å². The summed E-state index contributed by atoms with van der Waals surface area (Å²) in [4.78, 5) is 24.3. The zero-order valence-electron chi connectivity index (χ0n) is 10.5. The second-order valence-electron chi connectivity index (χ2n) is 4.70. The first-order valence-electron chi connectivity index (χ1n) is 6.29. The van der Waals surface area contributed by atoms with E-state index in [-0.39, 0.29) is 18.4 Å². The van der Waals surface area contributed by atoms with Crippen molar-refractivity contribution in [1.82, 2.24) is 15.4 Å². The number of rotatable bonds is 4. The normalized spacial score (nSPS) is 19.2. The van der Waals surface area contributed by atoms with Gasteiger partial charge in [-0.3, -0.25) is 4.79 Å². The fourth-order valence-electron chi connectivity index (χ4n) is 2.27. The molecular weight excluding hydrogens is 250 g/mol. The minimum Gasteiger partial charge on any atom is -0.481 e. The van der Waals surface area contributed by atoms with Gasteiger partial charge >= 0.3 is 12.0 Å². The highest BCUT2D eigenvalue weighted by molar-refractivity contribution is 5.74. The Bertz CT molecular complexity index is 432. The van der Waals surface area contributed by atoms with Crippen molar-refractivity contribution in [3.05, 3.63) is 18.0 Å². The molecule has 7 nitrogen and oxygen atoms in total. The zero-order chi connectivity index (χ0) is 13.7. The number of likely N-dealkylation sites (tertiary alicyclic amines) is 1. The minimum absolute atomic E-state index is 0.0454. The van der Waals surface area contributed by atoms with Gasteiger partial charge in [-0.2, -0.15) is 0 Å². The molecule has 0 spiro atoms. The van der Waals surface area contributed by atoms with E-state index in [2.05, 4.69) is 15.0 Å². The van der Waals surface area contributed by atoms with E-state index < -0.39 is 5.97 Å². The van der Waals surface area contributed by atoms with Crippen LogP contribution < -0.4 is 5.32 Å². The number of hydrogen-bond acceptors (Lipinski definition) is 4. The maximum Gasteiger partial charge on any atom is 0.317 e. The quantitative estimate of drug-likeness (QED) is 0.850. The van der Waals surface area contributed by atoms with Crippen molar-refractivity contribution >= 4 is 12.0 Å². The number of carboxylic acids is 1. The Hall–Kier alpha value is -2.05. The van der Waals surface area contributed by atoms with Gasteiger partial charge in [0.2, 0.25) is 0 Å². The fourth-order valence-corrected chi connectivity index (χ4v) is 2.27. The highest BCUT2D eigenvalue weighted by atomic mass is 16.5. The molecule has 0 bridgehead atoms. The van der Waals surface area contributed by atoms with Crippen LogP contribution in [0.15, 0.2) is 16.9 Å². The molecule has 2 N–H and O–H groups in total. The lowest BCUT2D eigenvalue weighted by molar-refractivity contribution is -0.138. The Kier molecular flexibility index (Phi) is 4.38. The van der Waals surface area contributed by atoms with E-state index in [0.29, 0.717) is 25.3 Å². The predicted octanol–water partition coefficient (Wildman–Crippen LogP) is 1.07. The van der Waals surface area contributed by atoms with Gasteiger partial charge in [-0.15, -0.1) is 0 Å². The minimum atomic E-state index is -0.810. The molecule has 7 heteroatoms. The molecule has 1 aromatic heterocycles. The molecule has 104 valence electrons. The van der Waals surface area contributed by atoms with Crippen molar-refractivity contribution < 1.29 is 19.2 Å². The van der Waals surface area contributed by atoms with Gasteiger partial charge < -0.3 is 19.8 Å². The van der Waals surface area contributed by atoms with Crippen LogP contribution in [0.2, 0.25) is 0 Å². The second kappa shape index (κ2) is 6.21. The summed E-state index contributed by atoms with van der Waals surface area (Å²) in [6.45, 7) is 1.48. The third-order valence-electron chi connectivity index (χ3n) is 3.18. The Morgan fingerprint density at radius 2 is 2.42 bits per heavy atom. The number of carbonyl (C=O) groups is 2. The lowest BCUT2D eigenvalue weighted by Crippen LogP contribution is -2.45. The summed E-state index contributed by atoms with van der Waals surface area (Å²) in [5, 5.41) is 15.2. The first-order valence-corrected chi connectivity index (χ1v) is 6.29. The molecule has 1 fully saturated rings. The van der Waals surface area contributed by atoms with Gasteiger partial charge in [-0.1, -0.05) is 5.16 Å². The number of aliphatic carboxylic acids is 1. The van der Waals surface area contributed by atoms with Crippen molar-refractivity contribution in [3.63, 3.8) is 0 Å². The topological polar surface area (TPSA) is 95.7 Å². The zero-order valence-corrected chi connectivity index (χ0v) is 10.5. The second-order valence-corrected chi connectivity index (χ2v) is 4.70. The Morgan fingerprint density at radius 1 is 1.58 bits per heavy atom. The Morgan fingerprint density at radius 3 is 3.11 bits per heavy atom. The number of aromatic nitrogens is 1. The molecule has 1 unspecified atom stereocenters. The van der Waals surface area contributed by atoms with Gasteiger partial charge in [0.1, 0.15) is 12.0 Å². The standard InChI is InChI=1S/C12H17N3O4/c16-11(17)6-9-2-1-4-15(8-9)12(18)13-7-10-3-5-19-14-10/h3,5,9H,1-2,4,6-8H2,(H,13,18)(H,16,17). The Balaban J connectivity index is 1.79. The van der Waals surface area contributed by atoms with E-state index in [4.69, 9.17) is 5.11 Å². The molecule has 0 aromatic carbocycles. The lowest BCUT2D eigenvalue weighted by Gasteiger charge is -2.32. The van der Waals surface area contributed by atoms with Crippen LogP contribution in [0.3, 0.4) is 0 Å². The smallest absolute Gasteiger partial charge is 0.317 e. The summed E-state index contributed by atoms with van der Waals surface area (Å²) in [6, 6.07) is 1.50. The molecule has 1 aliphatic heterocycles. The molecule has 2 amide bonds. The molecule has 1 saturated heterocycles. The highest BCUT2D eigenvalue weighted by Crippen LogP contribution is 2.19. The van der Waals surface area contributed by atoms with Crippen LogP contribution in [0.5, 0.6) is 0 Å². The SMILES string of the molecule is O=C(O)CC1CCCN(C(=O)NCc2ccon2)C1. The van der Waals surface area contributed by atoms with Crippen molar-refractivity contribution in [2.75, 3.05) is 13.1 Å². The van der Waals surface area contributed by atoms with E-state index in [9.17, 15) is 9.59 Å². The van der Waals surface area contributed by atoms with Crippen molar-refractivity contribution in [1.29, 1.82) is 0 Å². The van der Waals surface area contributed by atoms with Crippen LogP contribution in [0.1, 0.15) is 25.0 Å². The van der Waals surface area contributed by atoms with E-state index in [1.807, 2.05) is 0 Å². The molecule has 2 heterocycles. The molecule has 1 atom stereocenters. The summed E-state index contributed by atoms with van der Waals surface area (Å²) in [5.74, 6) is -0.765. The van der Waals surface area contributed by atoms with Crippen LogP contribution in [0.4, 0.5) is 4.79 Å². The summed E-state index contributed by atoms with van der Waals surface area (Å²) >= 11 is 0. The highest BCUT2D eigenvalue weighted by Gasteiger charge is 2.25. The summed E-state index contributed by atoms with van der Waals surface area (Å²) in [6.07, 6.45) is 3.27. The maximum absolute atomic E-state index is 11.9.